The predicted octanol–water partition coefficient (Wildman–Crippen LogP) is 2.92. The first-order valence-corrected chi connectivity index (χ1v) is 5.46. The smallest absolute Gasteiger partial charge is 0.336 e. The molecule has 3 N–H and O–H groups in total. The Hall–Kier alpha value is -1.55. The van der Waals surface area contributed by atoms with E-state index >= 15 is 0 Å². The average molecular weight is 223 g/mol. The summed E-state index contributed by atoms with van der Waals surface area (Å²) in [7, 11) is 0. The molecule has 0 aliphatic rings. The minimum absolute atomic E-state index is 0.259. The normalized spacial score (nSPS) is 10.1. The van der Waals surface area contributed by atoms with Gasteiger partial charge in [-0.3, -0.25) is 10.7 Å². The highest BCUT2D eigenvalue weighted by Gasteiger charge is 2.12. The van der Waals surface area contributed by atoms with Gasteiger partial charge in [-0.25, -0.2) is 4.79 Å². The highest BCUT2D eigenvalue weighted by Crippen LogP contribution is 2.22. The fraction of sp³-hybridized carbons (Fsp3) is 0.417. The molecule has 0 unspecified atom stereocenters. The quantitative estimate of drug-likeness (QED) is 0.512. The van der Waals surface area contributed by atoms with E-state index in [1.807, 2.05) is 0 Å². The highest BCUT2D eigenvalue weighted by atomic mass is 16.5. The van der Waals surface area contributed by atoms with Gasteiger partial charge in [-0.2, -0.15) is 0 Å². The minimum atomic E-state index is -0.955. The molecule has 0 amide bonds. The van der Waals surface area contributed by atoms with Crippen LogP contribution in [0.1, 0.15) is 42.1 Å². The molecular formula is C12H17NO3. The molecule has 0 aliphatic carbocycles. The lowest BCUT2D eigenvalue weighted by atomic mass is 9.99. The van der Waals surface area contributed by atoms with Crippen molar-refractivity contribution >= 4 is 11.7 Å². The van der Waals surface area contributed by atoms with Crippen LogP contribution in [0.25, 0.3) is 0 Å². The SMILES string of the molecule is CCCCCc1c(NO)cccc1C(=O)O. The van der Waals surface area contributed by atoms with Crippen LogP contribution in [0.5, 0.6) is 0 Å². The molecular weight excluding hydrogens is 206 g/mol. The number of carboxylic acid groups (broad SMARTS) is 1. The van der Waals surface area contributed by atoms with E-state index in [0.29, 0.717) is 17.7 Å². The number of rotatable bonds is 6. The molecule has 0 spiro atoms. The zero-order chi connectivity index (χ0) is 12.0. The maximum atomic E-state index is 11.0. The third kappa shape index (κ3) is 2.97. The number of aromatic carboxylic acids is 1. The van der Waals surface area contributed by atoms with Gasteiger partial charge in [0.15, 0.2) is 0 Å². The van der Waals surface area contributed by atoms with E-state index in [-0.39, 0.29) is 5.56 Å². The van der Waals surface area contributed by atoms with Crippen LogP contribution >= 0.6 is 0 Å². The summed E-state index contributed by atoms with van der Waals surface area (Å²) >= 11 is 0. The second-order valence-corrected chi connectivity index (χ2v) is 3.71. The Labute approximate surface area is 94.9 Å². The molecule has 16 heavy (non-hydrogen) atoms. The summed E-state index contributed by atoms with van der Waals surface area (Å²) in [6, 6.07) is 4.85. The van der Waals surface area contributed by atoms with Crippen LogP contribution in [0.3, 0.4) is 0 Å². The van der Waals surface area contributed by atoms with Gasteiger partial charge in [0.1, 0.15) is 0 Å². The number of anilines is 1. The van der Waals surface area contributed by atoms with Gasteiger partial charge < -0.3 is 5.11 Å². The van der Waals surface area contributed by atoms with Crippen LogP contribution in [0.15, 0.2) is 18.2 Å². The van der Waals surface area contributed by atoms with Crippen LogP contribution in [-0.4, -0.2) is 16.3 Å². The predicted molar refractivity (Wildman–Crippen MR) is 62.0 cm³/mol. The van der Waals surface area contributed by atoms with Crippen LogP contribution in [0.4, 0.5) is 5.69 Å². The summed E-state index contributed by atoms with van der Waals surface area (Å²) in [5, 5.41) is 18.0. The van der Waals surface area contributed by atoms with Crippen LogP contribution < -0.4 is 5.48 Å². The van der Waals surface area contributed by atoms with Gasteiger partial charge in [-0.05, 0) is 30.5 Å². The van der Waals surface area contributed by atoms with Gasteiger partial charge in [-0.1, -0.05) is 25.8 Å². The molecule has 0 saturated heterocycles. The van der Waals surface area contributed by atoms with E-state index in [4.69, 9.17) is 10.3 Å². The van der Waals surface area contributed by atoms with E-state index in [1.165, 1.54) is 0 Å². The Morgan fingerprint density at radius 2 is 2.12 bits per heavy atom. The Morgan fingerprint density at radius 1 is 1.38 bits per heavy atom. The van der Waals surface area contributed by atoms with Crippen molar-refractivity contribution in [2.24, 2.45) is 0 Å². The van der Waals surface area contributed by atoms with Crippen molar-refractivity contribution in [3.8, 4) is 0 Å². The molecule has 0 heterocycles. The lowest BCUT2D eigenvalue weighted by Crippen LogP contribution is -2.06. The third-order valence-electron chi connectivity index (χ3n) is 2.56. The molecule has 1 rings (SSSR count). The number of hydrogen-bond acceptors (Lipinski definition) is 3. The summed E-state index contributed by atoms with van der Waals surface area (Å²) in [6.45, 7) is 2.09. The van der Waals surface area contributed by atoms with Gasteiger partial charge in [0, 0.05) is 0 Å². The van der Waals surface area contributed by atoms with Crippen molar-refractivity contribution in [2.45, 2.75) is 32.6 Å². The summed E-state index contributed by atoms with van der Waals surface area (Å²) < 4.78 is 0. The molecule has 0 aliphatic heterocycles. The molecule has 4 heteroatoms. The highest BCUT2D eigenvalue weighted by molar-refractivity contribution is 5.91. The lowest BCUT2D eigenvalue weighted by molar-refractivity contribution is 0.0695. The zero-order valence-corrected chi connectivity index (χ0v) is 9.36. The summed E-state index contributed by atoms with van der Waals surface area (Å²) in [6.07, 6.45) is 3.73. The maximum Gasteiger partial charge on any atom is 0.336 e. The Morgan fingerprint density at radius 3 is 2.69 bits per heavy atom. The molecule has 0 aromatic heterocycles. The van der Waals surface area contributed by atoms with Crippen molar-refractivity contribution in [2.75, 3.05) is 5.48 Å². The number of unbranched alkanes of at least 4 members (excludes halogenated alkanes) is 2. The van der Waals surface area contributed by atoms with Crippen molar-refractivity contribution in [3.63, 3.8) is 0 Å². The van der Waals surface area contributed by atoms with E-state index in [2.05, 4.69) is 12.4 Å². The van der Waals surface area contributed by atoms with Gasteiger partial charge in [0.2, 0.25) is 0 Å². The molecule has 0 fully saturated rings. The van der Waals surface area contributed by atoms with Crippen LogP contribution in [-0.2, 0) is 6.42 Å². The number of benzene rings is 1. The number of hydrogen-bond donors (Lipinski definition) is 3. The molecule has 0 atom stereocenters. The standard InChI is InChI=1S/C12H17NO3/c1-2-3-4-6-9-10(12(14)15)7-5-8-11(9)13-16/h5,7-8,13,16H,2-4,6H2,1H3,(H,14,15). The monoisotopic (exact) mass is 223 g/mol. The molecule has 1 aromatic carbocycles. The first-order valence-electron chi connectivity index (χ1n) is 5.46. The van der Waals surface area contributed by atoms with E-state index in [1.54, 1.807) is 18.2 Å². The van der Waals surface area contributed by atoms with Crippen molar-refractivity contribution < 1.29 is 15.1 Å². The Balaban J connectivity index is 2.95. The number of nitrogens with one attached hydrogen (secondary N) is 1. The average Bonchev–Trinajstić information content (AvgIpc) is 2.29. The molecule has 88 valence electrons. The first-order chi connectivity index (χ1) is 7.70. The molecule has 0 saturated carbocycles. The minimum Gasteiger partial charge on any atom is -0.478 e. The van der Waals surface area contributed by atoms with E-state index in [0.717, 1.165) is 19.3 Å². The molecule has 4 nitrogen and oxygen atoms in total. The van der Waals surface area contributed by atoms with Gasteiger partial charge in [0.05, 0.1) is 11.3 Å². The summed E-state index contributed by atoms with van der Waals surface area (Å²) in [4.78, 5) is 11.0. The fourth-order valence-electron chi connectivity index (χ4n) is 1.71. The van der Waals surface area contributed by atoms with Gasteiger partial charge in [0.25, 0.3) is 0 Å². The van der Waals surface area contributed by atoms with Gasteiger partial charge in [-0.15, -0.1) is 0 Å². The fourth-order valence-corrected chi connectivity index (χ4v) is 1.71. The second kappa shape index (κ2) is 6.12. The zero-order valence-electron chi connectivity index (χ0n) is 9.36. The largest absolute Gasteiger partial charge is 0.478 e. The molecule has 0 bridgehead atoms. The van der Waals surface area contributed by atoms with Crippen molar-refractivity contribution in [1.29, 1.82) is 0 Å². The second-order valence-electron chi connectivity index (χ2n) is 3.71. The van der Waals surface area contributed by atoms with Crippen molar-refractivity contribution in [3.05, 3.63) is 29.3 Å². The maximum absolute atomic E-state index is 11.0. The van der Waals surface area contributed by atoms with Crippen LogP contribution in [0, 0.1) is 0 Å². The summed E-state index contributed by atoms with van der Waals surface area (Å²) in [5.41, 5.74) is 3.47. The van der Waals surface area contributed by atoms with E-state index in [9.17, 15) is 4.79 Å². The lowest BCUT2D eigenvalue weighted by Gasteiger charge is -2.11. The third-order valence-corrected chi connectivity index (χ3v) is 2.56. The van der Waals surface area contributed by atoms with Gasteiger partial charge >= 0.3 is 5.97 Å². The molecule has 0 radical (unpaired) electrons. The Kier molecular flexibility index (Phi) is 4.79. The topological polar surface area (TPSA) is 69.6 Å². The van der Waals surface area contributed by atoms with Crippen LogP contribution in [0.2, 0.25) is 0 Å². The number of carbonyl (C=O) groups is 1. The number of carboxylic acids is 1. The Bertz CT molecular complexity index is 363. The first kappa shape index (κ1) is 12.5. The van der Waals surface area contributed by atoms with Crippen molar-refractivity contribution in [1.82, 2.24) is 0 Å². The summed E-state index contributed by atoms with van der Waals surface area (Å²) in [5.74, 6) is -0.955. The van der Waals surface area contributed by atoms with E-state index < -0.39 is 5.97 Å². The molecule has 1 aromatic rings.